The second-order valence-electron chi connectivity index (χ2n) is 6.32. The topological polar surface area (TPSA) is 46.5 Å². The molecule has 0 bridgehead atoms. The molecule has 25 heavy (non-hydrogen) atoms. The van der Waals surface area contributed by atoms with Gasteiger partial charge in [0.2, 0.25) is 0 Å². The summed E-state index contributed by atoms with van der Waals surface area (Å²) in [6.07, 6.45) is 0.916. The van der Waals surface area contributed by atoms with E-state index < -0.39 is 0 Å². The normalized spacial score (nSPS) is 18.6. The van der Waals surface area contributed by atoms with Crippen molar-refractivity contribution in [1.29, 1.82) is 0 Å². The van der Waals surface area contributed by atoms with Crippen molar-refractivity contribution in [2.75, 3.05) is 0 Å². The van der Waals surface area contributed by atoms with Crippen LogP contribution in [0.2, 0.25) is 0 Å². The first kappa shape index (κ1) is 15.5. The molecule has 3 aromatic carbocycles. The molecule has 0 aliphatic heterocycles. The number of ether oxygens (including phenoxy) is 1. The number of carbonyl (C=O) groups is 1. The van der Waals surface area contributed by atoms with Gasteiger partial charge in [-0.25, -0.2) is 0 Å². The maximum atomic E-state index is 12.6. The minimum atomic E-state index is 0.0762. The van der Waals surface area contributed by atoms with Crippen molar-refractivity contribution < 1.29 is 14.6 Å². The van der Waals surface area contributed by atoms with Gasteiger partial charge in [-0.3, -0.25) is 4.79 Å². The summed E-state index contributed by atoms with van der Waals surface area (Å²) in [6.45, 7) is 0. The Morgan fingerprint density at radius 2 is 1.56 bits per heavy atom. The zero-order valence-corrected chi connectivity index (χ0v) is 13.6. The van der Waals surface area contributed by atoms with Crippen LogP contribution >= 0.6 is 0 Å². The van der Waals surface area contributed by atoms with E-state index in [1.165, 1.54) is 5.56 Å². The van der Waals surface area contributed by atoms with Crippen LogP contribution in [0.3, 0.4) is 0 Å². The standard InChI is InChI=1S/C22H18O3/c23-20-8-4-5-9-21(20)25-17-12-10-16(11-13-17)22(24)19-14-18(19)15-6-2-1-3-7-15/h1-13,18-19,23H,14H2. The van der Waals surface area contributed by atoms with Gasteiger partial charge in [-0.05, 0) is 54.3 Å². The molecule has 0 amide bonds. The largest absolute Gasteiger partial charge is 0.504 e. The molecule has 0 radical (unpaired) electrons. The highest BCUT2D eigenvalue weighted by Crippen LogP contribution is 2.49. The quantitative estimate of drug-likeness (QED) is 0.656. The van der Waals surface area contributed by atoms with Crippen LogP contribution in [-0.2, 0) is 0 Å². The van der Waals surface area contributed by atoms with Crippen molar-refractivity contribution >= 4 is 5.78 Å². The van der Waals surface area contributed by atoms with Crippen molar-refractivity contribution in [3.8, 4) is 17.2 Å². The molecule has 0 heterocycles. The number of hydrogen-bond donors (Lipinski definition) is 1. The number of Topliss-reactive ketones (excluding diaryl/α,β-unsaturated/α-hetero) is 1. The fourth-order valence-electron chi connectivity index (χ4n) is 3.13. The third-order valence-electron chi connectivity index (χ3n) is 4.59. The van der Waals surface area contributed by atoms with Crippen LogP contribution in [0.4, 0.5) is 0 Å². The Bertz CT molecular complexity index is 885. The monoisotopic (exact) mass is 330 g/mol. The summed E-state index contributed by atoms with van der Waals surface area (Å²) in [7, 11) is 0. The Labute approximate surface area is 146 Å². The first-order valence-corrected chi connectivity index (χ1v) is 8.37. The Morgan fingerprint density at radius 3 is 2.28 bits per heavy atom. The lowest BCUT2D eigenvalue weighted by Crippen LogP contribution is -2.03. The summed E-state index contributed by atoms with van der Waals surface area (Å²) in [4.78, 5) is 12.6. The van der Waals surface area contributed by atoms with Gasteiger partial charge in [0.15, 0.2) is 17.3 Å². The lowest BCUT2D eigenvalue weighted by Gasteiger charge is -2.08. The molecule has 3 nitrogen and oxygen atoms in total. The van der Waals surface area contributed by atoms with E-state index >= 15 is 0 Å². The summed E-state index contributed by atoms with van der Waals surface area (Å²) in [5.41, 5.74) is 1.94. The highest BCUT2D eigenvalue weighted by molar-refractivity contribution is 6.00. The minimum absolute atomic E-state index is 0.0762. The molecule has 2 unspecified atom stereocenters. The first-order valence-electron chi connectivity index (χ1n) is 8.37. The summed E-state index contributed by atoms with van der Waals surface area (Å²) in [5, 5.41) is 9.75. The number of hydrogen-bond acceptors (Lipinski definition) is 3. The van der Waals surface area contributed by atoms with E-state index in [-0.39, 0.29) is 17.5 Å². The molecule has 124 valence electrons. The predicted molar refractivity (Wildman–Crippen MR) is 96.2 cm³/mol. The summed E-state index contributed by atoms with van der Waals surface area (Å²) in [5.74, 6) is 1.67. The fraction of sp³-hybridized carbons (Fsp3) is 0.136. The molecule has 0 spiro atoms. The Morgan fingerprint density at radius 1 is 0.880 bits per heavy atom. The molecule has 3 aromatic rings. The van der Waals surface area contributed by atoms with Crippen LogP contribution in [-0.4, -0.2) is 10.9 Å². The number of carbonyl (C=O) groups excluding carboxylic acids is 1. The molecule has 1 aliphatic carbocycles. The van der Waals surface area contributed by atoms with Gasteiger partial charge in [0.05, 0.1) is 0 Å². The smallest absolute Gasteiger partial charge is 0.169 e. The number of ketones is 1. The van der Waals surface area contributed by atoms with Gasteiger partial charge in [-0.2, -0.15) is 0 Å². The number of para-hydroxylation sites is 2. The van der Waals surface area contributed by atoms with Crippen LogP contribution in [0.25, 0.3) is 0 Å². The van der Waals surface area contributed by atoms with Gasteiger partial charge >= 0.3 is 0 Å². The summed E-state index contributed by atoms with van der Waals surface area (Å²) in [6, 6.07) is 24.1. The number of aromatic hydroxyl groups is 1. The lowest BCUT2D eigenvalue weighted by atomic mass is 10.0. The van der Waals surface area contributed by atoms with Crippen LogP contribution in [0.15, 0.2) is 78.9 Å². The number of rotatable bonds is 5. The molecule has 1 saturated carbocycles. The van der Waals surface area contributed by atoms with Crippen molar-refractivity contribution in [2.45, 2.75) is 12.3 Å². The maximum Gasteiger partial charge on any atom is 0.169 e. The van der Waals surface area contributed by atoms with Crippen LogP contribution in [0.5, 0.6) is 17.2 Å². The van der Waals surface area contributed by atoms with Crippen LogP contribution in [0.1, 0.15) is 28.3 Å². The molecular formula is C22H18O3. The summed E-state index contributed by atoms with van der Waals surface area (Å²) < 4.78 is 5.65. The zero-order valence-electron chi connectivity index (χ0n) is 13.6. The average Bonchev–Trinajstić information content (AvgIpc) is 3.45. The van der Waals surface area contributed by atoms with E-state index in [9.17, 15) is 9.90 Å². The van der Waals surface area contributed by atoms with Gasteiger partial charge < -0.3 is 9.84 Å². The molecular weight excluding hydrogens is 312 g/mol. The SMILES string of the molecule is O=C(c1ccc(Oc2ccccc2O)cc1)C1CC1c1ccccc1. The van der Waals surface area contributed by atoms with Gasteiger partial charge in [0, 0.05) is 11.5 Å². The second kappa shape index (κ2) is 6.44. The van der Waals surface area contributed by atoms with Gasteiger partial charge in [-0.15, -0.1) is 0 Å². The molecule has 0 saturated heterocycles. The molecule has 1 N–H and O–H groups in total. The van der Waals surface area contributed by atoms with Crippen LogP contribution in [0, 0.1) is 5.92 Å². The molecule has 1 fully saturated rings. The van der Waals surface area contributed by atoms with Gasteiger partial charge in [-0.1, -0.05) is 42.5 Å². The first-order chi connectivity index (χ1) is 12.2. The highest BCUT2D eigenvalue weighted by Gasteiger charge is 2.43. The third-order valence-corrected chi connectivity index (χ3v) is 4.59. The fourth-order valence-corrected chi connectivity index (χ4v) is 3.13. The molecule has 0 aromatic heterocycles. The zero-order chi connectivity index (χ0) is 17.2. The lowest BCUT2D eigenvalue weighted by molar-refractivity contribution is 0.0965. The molecule has 3 heteroatoms. The predicted octanol–water partition coefficient (Wildman–Crippen LogP) is 5.17. The Balaban J connectivity index is 1.44. The van der Waals surface area contributed by atoms with E-state index in [4.69, 9.17) is 4.74 Å². The molecule has 2 atom stereocenters. The van der Waals surface area contributed by atoms with Gasteiger partial charge in [0.1, 0.15) is 5.75 Å². The van der Waals surface area contributed by atoms with E-state index in [0.717, 1.165) is 6.42 Å². The molecule has 4 rings (SSSR count). The Hall–Kier alpha value is -3.07. The molecule has 1 aliphatic rings. The number of phenols is 1. The van der Waals surface area contributed by atoms with E-state index in [1.807, 2.05) is 18.2 Å². The van der Waals surface area contributed by atoms with E-state index in [0.29, 0.717) is 23.0 Å². The van der Waals surface area contributed by atoms with E-state index in [1.54, 1.807) is 48.5 Å². The minimum Gasteiger partial charge on any atom is -0.504 e. The van der Waals surface area contributed by atoms with Crippen molar-refractivity contribution in [3.05, 3.63) is 90.0 Å². The maximum absolute atomic E-state index is 12.6. The van der Waals surface area contributed by atoms with Crippen LogP contribution < -0.4 is 4.74 Å². The van der Waals surface area contributed by atoms with Crippen molar-refractivity contribution in [3.63, 3.8) is 0 Å². The highest BCUT2D eigenvalue weighted by atomic mass is 16.5. The second-order valence-corrected chi connectivity index (χ2v) is 6.32. The average molecular weight is 330 g/mol. The number of benzene rings is 3. The number of phenolic OH excluding ortho intramolecular Hbond substituents is 1. The van der Waals surface area contributed by atoms with E-state index in [2.05, 4.69) is 12.1 Å². The summed E-state index contributed by atoms with van der Waals surface area (Å²) >= 11 is 0. The third kappa shape index (κ3) is 3.26. The Kier molecular flexibility index (Phi) is 3.98. The van der Waals surface area contributed by atoms with Crippen molar-refractivity contribution in [1.82, 2.24) is 0 Å². The van der Waals surface area contributed by atoms with Crippen molar-refractivity contribution in [2.24, 2.45) is 5.92 Å². The van der Waals surface area contributed by atoms with Gasteiger partial charge in [0.25, 0.3) is 0 Å².